The molecule has 5 nitrogen and oxygen atoms in total. The van der Waals surface area contributed by atoms with Gasteiger partial charge in [0, 0.05) is 12.7 Å². The zero-order valence-corrected chi connectivity index (χ0v) is 10.4. The van der Waals surface area contributed by atoms with Gasteiger partial charge in [0.05, 0.1) is 12.1 Å². The molecule has 18 heavy (non-hydrogen) atoms. The van der Waals surface area contributed by atoms with Gasteiger partial charge in [-0.2, -0.15) is 0 Å². The molecule has 2 atom stereocenters. The highest BCUT2D eigenvalue weighted by Gasteiger charge is 2.42. The van der Waals surface area contributed by atoms with E-state index >= 15 is 0 Å². The fourth-order valence-electron chi connectivity index (χ4n) is 2.69. The Morgan fingerprint density at radius 3 is 2.78 bits per heavy atom. The largest absolute Gasteiger partial charge is 0.363 e. The van der Waals surface area contributed by atoms with Crippen LogP contribution in [0.25, 0.3) is 0 Å². The number of rotatable bonds is 0. The van der Waals surface area contributed by atoms with Crippen LogP contribution < -0.4 is 5.32 Å². The van der Waals surface area contributed by atoms with E-state index in [1.807, 2.05) is 18.2 Å². The third kappa shape index (κ3) is 1.40. The first-order chi connectivity index (χ1) is 8.59. The van der Waals surface area contributed by atoms with Crippen LogP contribution in [0.2, 0.25) is 0 Å². The molecule has 0 spiro atoms. The number of anilines is 1. The quantitative estimate of drug-likeness (QED) is 0.733. The minimum Gasteiger partial charge on any atom is -0.363 e. The fraction of sp³-hybridized carbons (Fsp3) is 0.385. The van der Waals surface area contributed by atoms with Crippen molar-refractivity contribution in [1.82, 2.24) is 9.80 Å². The first kappa shape index (κ1) is 11.1. The lowest BCUT2D eigenvalue weighted by Crippen LogP contribution is -2.65. The molecule has 3 rings (SSSR count). The summed E-state index contributed by atoms with van der Waals surface area (Å²) in [5, 5.41) is 3.32. The van der Waals surface area contributed by atoms with Crippen LogP contribution in [0, 0.1) is 0 Å². The van der Waals surface area contributed by atoms with Crippen molar-refractivity contribution in [2.24, 2.45) is 0 Å². The van der Waals surface area contributed by atoms with Crippen LogP contribution in [-0.2, 0) is 4.79 Å². The molecule has 2 amide bonds. The van der Waals surface area contributed by atoms with Gasteiger partial charge >= 0.3 is 0 Å². The first-order valence-electron chi connectivity index (χ1n) is 6.03. The van der Waals surface area contributed by atoms with Crippen LogP contribution in [0.3, 0.4) is 0 Å². The summed E-state index contributed by atoms with van der Waals surface area (Å²) in [6, 6.07) is 7.00. The molecule has 0 radical (unpaired) electrons. The number of amides is 2. The Balaban J connectivity index is 2.04. The number of carbonyl (C=O) groups is 2. The average Bonchev–Trinajstić information content (AvgIpc) is 2.36. The molecule has 0 unspecified atom stereocenters. The zero-order chi connectivity index (χ0) is 12.9. The summed E-state index contributed by atoms with van der Waals surface area (Å²) in [4.78, 5) is 27.7. The van der Waals surface area contributed by atoms with Crippen LogP contribution in [0.5, 0.6) is 0 Å². The van der Waals surface area contributed by atoms with Crippen molar-refractivity contribution in [2.75, 3.05) is 18.9 Å². The van der Waals surface area contributed by atoms with Gasteiger partial charge in [-0.1, -0.05) is 12.1 Å². The van der Waals surface area contributed by atoms with Crippen molar-refractivity contribution >= 4 is 17.5 Å². The molecule has 94 valence electrons. The Hall–Kier alpha value is -2.04. The lowest BCUT2D eigenvalue weighted by Gasteiger charge is -2.46. The Bertz CT molecular complexity index is 529. The van der Waals surface area contributed by atoms with E-state index in [0.29, 0.717) is 12.1 Å². The number of piperazine rings is 1. The molecule has 1 aromatic carbocycles. The van der Waals surface area contributed by atoms with Gasteiger partial charge in [0.25, 0.3) is 5.91 Å². The third-order valence-electron chi connectivity index (χ3n) is 3.65. The molecule has 1 aromatic rings. The van der Waals surface area contributed by atoms with Crippen LogP contribution in [0.15, 0.2) is 24.3 Å². The predicted octanol–water partition coefficient (Wildman–Crippen LogP) is 0.741. The topological polar surface area (TPSA) is 52.7 Å². The summed E-state index contributed by atoms with van der Waals surface area (Å²) in [6.07, 6.45) is -0.134. The Kier molecular flexibility index (Phi) is 2.29. The van der Waals surface area contributed by atoms with Crippen molar-refractivity contribution in [3.63, 3.8) is 0 Å². The number of nitrogens with zero attached hydrogens (tertiary/aromatic N) is 2. The van der Waals surface area contributed by atoms with E-state index in [1.54, 1.807) is 29.8 Å². The summed E-state index contributed by atoms with van der Waals surface area (Å²) in [6.45, 7) is 2.29. The molecule has 2 aliphatic heterocycles. The number of fused-ring (bicyclic) bond motifs is 2. The Labute approximate surface area is 105 Å². The van der Waals surface area contributed by atoms with Gasteiger partial charge in [-0.05, 0) is 19.1 Å². The highest BCUT2D eigenvalue weighted by Crippen LogP contribution is 2.29. The summed E-state index contributed by atoms with van der Waals surface area (Å²) < 4.78 is 0. The molecular formula is C13H15N3O2. The van der Waals surface area contributed by atoms with Gasteiger partial charge in [0.1, 0.15) is 12.2 Å². The van der Waals surface area contributed by atoms with Crippen molar-refractivity contribution in [3.05, 3.63) is 29.8 Å². The van der Waals surface area contributed by atoms with E-state index < -0.39 is 6.04 Å². The SMILES string of the molecule is C[C@H]1C(=O)N(C)C[C@H]2Nc3ccccc3C(=O)N21. The predicted molar refractivity (Wildman–Crippen MR) is 67.1 cm³/mol. The van der Waals surface area contributed by atoms with Gasteiger partial charge in [0.15, 0.2) is 0 Å². The van der Waals surface area contributed by atoms with E-state index in [0.717, 1.165) is 5.69 Å². The van der Waals surface area contributed by atoms with Gasteiger partial charge in [-0.3, -0.25) is 9.59 Å². The van der Waals surface area contributed by atoms with Crippen LogP contribution >= 0.6 is 0 Å². The van der Waals surface area contributed by atoms with Crippen molar-refractivity contribution < 1.29 is 9.59 Å². The molecule has 1 N–H and O–H groups in total. The third-order valence-corrected chi connectivity index (χ3v) is 3.65. The maximum Gasteiger partial charge on any atom is 0.258 e. The maximum absolute atomic E-state index is 12.4. The number of likely N-dealkylation sites (N-methyl/N-ethyl adjacent to an activating group) is 1. The number of hydrogen-bond acceptors (Lipinski definition) is 3. The number of carbonyl (C=O) groups excluding carboxylic acids is 2. The summed E-state index contributed by atoms with van der Waals surface area (Å²) >= 11 is 0. The fourth-order valence-corrected chi connectivity index (χ4v) is 2.69. The second-order valence-corrected chi connectivity index (χ2v) is 4.81. The number of benzene rings is 1. The Morgan fingerprint density at radius 1 is 1.28 bits per heavy atom. The smallest absolute Gasteiger partial charge is 0.258 e. The van der Waals surface area contributed by atoms with Crippen molar-refractivity contribution in [3.8, 4) is 0 Å². The number of para-hydroxylation sites is 1. The molecule has 0 bridgehead atoms. The summed E-state index contributed by atoms with van der Waals surface area (Å²) in [7, 11) is 1.77. The second-order valence-electron chi connectivity index (χ2n) is 4.81. The molecule has 2 aliphatic rings. The summed E-state index contributed by atoms with van der Waals surface area (Å²) in [5.41, 5.74) is 1.48. The monoisotopic (exact) mass is 245 g/mol. The highest BCUT2D eigenvalue weighted by molar-refractivity contribution is 6.04. The van der Waals surface area contributed by atoms with E-state index in [4.69, 9.17) is 0 Å². The van der Waals surface area contributed by atoms with E-state index in [1.165, 1.54) is 0 Å². The second kappa shape index (κ2) is 3.73. The van der Waals surface area contributed by atoms with E-state index in [2.05, 4.69) is 5.32 Å². The Morgan fingerprint density at radius 2 is 2.00 bits per heavy atom. The first-order valence-corrected chi connectivity index (χ1v) is 6.03. The van der Waals surface area contributed by atoms with Crippen molar-refractivity contribution in [1.29, 1.82) is 0 Å². The van der Waals surface area contributed by atoms with Crippen molar-refractivity contribution in [2.45, 2.75) is 19.1 Å². The van der Waals surface area contributed by atoms with Crippen LogP contribution in [-0.4, -0.2) is 47.4 Å². The standard InChI is InChI=1S/C13H15N3O2/c1-8-12(17)15(2)7-11-14-10-6-4-3-5-9(10)13(18)16(8)11/h3-6,8,11,14H,7H2,1-2H3/t8-,11-/m0/s1. The van der Waals surface area contributed by atoms with Gasteiger partial charge in [0.2, 0.25) is 5.91 Å². The molecular weight excluding hydrogens is 230 g/mol. The molecule has 1 saturated heterocycles. The normalized spacial score (nSPS) is 26.6. The minimum atomic E-state index is -0.415. The number of hydrogen-bond donors (Lipinski definition) is 1. The number of nitrogens with one attached hydrogen (secondary N) is 1. The lowest BCUT2D eigenvalue weighted by atomic mass is 10.0. The minimum absolute atomic E-state index is 0.0132. The van der Waals surface area contributed by atoms with Gasteiger partial charge in [-0.15, -0.1) is 0 Å². The molecule has 0 saturated carbocycles. The van der Waals surface area contributed by atoms with Gasteiger partial charge in [-0.25, -0.2) is 0 Å². The van der Waals surface area contributed by atoms with Crippen LogP contribution in [0.1, 0.15) is 17.3 Å². The van der Waals surface area contributed by atoms with Gasteiger partial charge < -0.3 is 15.1 Å². The van der Waals surface area contributed by atoms with Crippen LogP contribution in [0.4, 0.5) is 5.69 Å². The molecule has 0 aliphatic carbocycles. The lowest BCUT2D eigenvalue weighted by molar-refractivity contribution is -0.139. The highest BCUT2D eigenvalue weighted by atomic mass is 16.2. The van der Waals surface area contributed by atoms with E-state index in [9.17, 15) is 9.59 Å². The average molecular weight is 245 g/mol. The van der Waals surface area contributed by atoms with E-state index in [-0.39, 0.29) is 18.0 Å². The zero-order valence-electron chi connectivity index (χ0n) is 10.4. The molecule has 5 heteroatoms. The molecule has 2 heterocycles. The molecule has 0 aromatic heterocycles. The molecule has 1 fully saturated rings. The summed E-state index contributed by atoms with van der Waals surface area (Å²) in [5.74, 6) is -0.0796. The maximum atomic E-state index is 12.4.